The van der Waals surface area contributed by atoms with Crippen LogP contribution in [0, 0.1) is 17.7 Å². The fraction of sp³-hybridized carbons (Fsp3) is 0.250. The molecule has 1 amide bonds. The summed E-state index contributed by atoms with van der Waals surface area (Å²) in [7, 11) is 0. The van der Waals surface area contributed by atoms with Gasteiger partial charge in [0.15, 0.2) is 0 Å². The number of rotatable bonds is 4. The van der Waals surface area contributed by atoms with E-state index in [9.17, 15) is 13.6 Å². The highest BCUT2D eigenvalue weighted by Crippen LogP contribution is 2.22. The second-order valence-electron chi connectivity index (χ2n) is 5.09. The van der Waals surface area contributed by atoms with Gasteiger partial charge in [0.1, 0.15) is 11.5 Å². The van der Waals surface area contributed by atoms with E-state index in [2.05, 4.69) is 10.3 Å². The number of carbonyl (C=O) groups is 1. The van der Waals surface area contributed by atoms with Crippen molar-refractivity contribution in [2.45, 2.75) is 19.9 Å². The molecule has 2 aromatic rings. The summed E-state index contributed by atoms with van der Waals surface area (Å²) in [6, 6.07) is 9.69. The number of benzene rings is 1. The number of nitrogens with zero attached hydrogens (tertiary/aromatic N) is 1. The highest BCUT2D eigenvalue weighted by molar-refractivity contribution is 5.92. The highest BCUT2D eigenvalue weighted by atomic mass is 19.1. The van der Waals surface area contributed by atoms with Crippen molar-refractivity contribution >= 4 is 5.91 Å². The minimum absolute atomic E-state index is 0.0164. The molecule has 1 unspecified atom stereocenters. The van der Waals surface area contributed by atoms with Crippen molar-refractivity contribution in [2.24, 2.45) is 5.92 Å². The maximum absolute atomic E-state index is 13.1. The summed E-state index contributed by atoms with van der Waals surface area (Å²) in [5.74, 6) is -1.41. The van der Waals surface area contributed by atoms with Gasteiger partial charge in [-0.15, -0.1) is 0 Å². The Balaban J connectivity index is 2.20. The summed E-state index contributed by atoms with van der Waals surface area (Å²) in [5.41, 5.74) is 0.805. The van der Waals surface area contributed by atoms with Crippen molar-refractivity contribution in [1.82, 2.24) is 10.3 Å². The van der Waals surface area contributed by atoms with Gasteiger partial charge in [0.25, 0.3) is 5.91 Å². The standard InChI is InChI=1S/C16H16F2N2O/c1-10(2)15(11-6-8-12(17)9-7-11)20-16(21)13-4-3-5-14(18)19-13/h3-10,15H,1-2H3,(H,20,21). The van der Waals surface area contributed by atoms with Gasteiger partial charge in [0.2, 0.25) is 5.95 Å². The molecule has 0 aliphatic heterocycles. The molecule has 21 heavy (non-hydrogen) atoms. The van der Waals surface area contributed by atoms with Crippen molar-refractivity contribution in [3.05, 3.63) is 65.5 Å². The Kier molecular flexibility index (Phi) is 4.62. The first-order chi connectivity index (χ1) is 9.97. The molecule has 0 aliphatic rings. The Morgan fingerprint density at radius 2 is 1.76 bits per heavy atom. The van der Waals surface area contributed by atoms with Crippen LogP contribution in [0.15, 0.2) is 42.5 Å². The molecule has 5 heteroatoms. The molecular formula is C16H16F2N2O. The van der Waals surface area contributed by atoms with Crippen molar-refractivity contribution in [3.8, 4) is 0 Å². The summed E-state index contributed by atoms with van der Waals surface area (Å²) in [4.78, 5) is 15.7. The quantitative estimate of drug-likeness (QED) is 0.876. The summed E-state index contributed by atoms with van der Waals surface area (Å²) in [6.07, 6.45) is 0. The number of hydrogen-bond acceptors (Lipinski definition) is 2. The van der Waals surface area contributed by atoms with Crippen LogP contribution < -0.4 is 5.32 Å². The first kappa shape index (κ1) is 15.1. The third kappa shape index (κ3) is 3.84. The number of pyridine rings is 1. The van der Waals surface area contributed by atoms with Crippen LogP contribution in [0.1, 0.15) is 35.9 Å². The average Bonchev–Trinajstić information content (AvgIpc) is 2.45. The fourth-order valence-electron chi connectivity index (χ4n) is 2.05. The normalized spacial score (nSPS) is 12.2. The van der Waals surface area contributed by atoms with E-state index in [1.807, 2.05) is 13.8 Å². The number of hydrogen-bond donors (Lipinski definition) is 1. The minimum Gasteiger partial charge on any atom is -0.344 e. The first-order valence-corrected chi connectivity index (χ1v) is 6.66. The smallest absolute Gasteiger partial charge is 0.270 e. The third-order valence-corrected chi connectivity index (χ3v) is 3.13. The number of halogens is 2. The molecule has 3 nitrogen and oxygen atoms in total. The van der Waals surface area contributed by atoms with Gasteiger partial charge in [0, 0.05) is 0 Å². The van der Waals surface area contributed by atoms with Gasteiger partial charge in [-0.25, -0.2) is 9.37 Å². The molecule has 2 rings (SSSR count). The maximum Gasteiger partial charge on any atom is 0.270 e. The first-order valence-electron chi connectivity index (χ1n) is 6.66. The Bertz CT molecular complexity index is 626. The molecule has 0 fully saturated rings. The van der Waals surface area contributed by atoms with Crippen molar-refractivity contribution in [2.75, 3.05) is 0 Å². The second kappa shape index (κ2) is 6.43. The summed E-state index contributed by atoms with van der Waals surface area (Å²) >= 11 is 0. The minimum atomic E-state index is -0.703. The molecule has 0 spiro atoms. The van der Waals surface area contributed by atoms with Gasteiger partial charge >= 0.3 is 0 Å². The molecule has 1 N–H and O–H groups in total. The molecule has 0 bridgehead atoms. The Labute approximate surface area is 122 Å². The van der Waals surface area contributed by atoms with Gasteiger partial charge in [-0.05, 0) is 35.7 Å². The van der Waals surface area contributed by atoms with E-state index in [0.717, 1.165) is 5.56 Å². The summed E-state index contributed by atoms with van der Waals surface area (Å²) < 4.78 is 26.0. The number of aromatic nitrogens is 1. The van der Waals surface area contributed by atoms with Gasteiger partial charge in [-0.3, -0.25) is 4.79 Å². The topological polar surface area (TPSA) is 42.0 Å². The van der Waals surface area contributed by atoms with E-state index in [1.54, 1.807) is 12.1 Å². The largest absolute Gasteiger partial charge is 0.344 e. The van der Waals surface area contributed by atoms with E-state index in [-0.39, 0.29) is 23.5 Å². The fourth-order valence-corrected chi connectivity index (χ4v) is 2.05. The average molecular weight is 290 g/mol. The third-order valence-electron chi connectivity index (χ3n) is 3.13. The second-order valence-corrected chi connectivity index (χ2v) is 5.09. The molecule has 1 aromatic heterocycles. The van der Waals surface area contributed by atoms with Crippen LogP contribution in [0.2, 0.25) is 0 Å². The lowest BCUT2D eigenvalue weighted by Gasteiger charge is -2.22. The Hall–Kier alpha value is -2.30. The zero-order valence-electron chi connectivity index (χ0n) is 11.8. The van der Waals surface area contributed by atoms with Gasteiger partial charge in [-0.1, -0.05) is 32.0 Å². The molecule has 1 aromatic carbocycles. The van der Waals surface area contributed by atoms with Crippen molar-refractivity contribution < 1.29 is 13.6 Å². The lowest BCUT2D eigenvalue weighted by molar-refractivity contribution is 0.0919. The number of amides is 1. The lowest BCUT2D eigenvalue weighted by Crippen LogP contribution is -2.32. The van der Waals surface area contributed by atoms with E-state index >= 15 is 0 Å². The van der Waals surface area contributed by atoms with Crippen LogP contribution in [0.25, 0.3) is 0 Å². The summed E-state index contributed by atoms with van der Waals surface area (Å²) in [6.45, 7) is 3.88. The van der Waals surface area contributed by atoms with Crippen LogP contribution in [0.4, 0.5) is 8.78 Å². The Morgan fingerprint density at radius 3 is 2.33 bits per heavy atom. The van der Waals surface area contributed by atoms with Crippen LogP contribution in [-0.4, -0.2) is 10.9 Å². The molecule has 0 saturated heterocycles. The van der Waals surface area contributed by atoms with Crippen LogP contribution in [-0.2, 0) is 0 Å². The molecular weight excluding hydrogens is 274 g/mol. The van der Waals surface area contributed by atoms with Crippen LogP contribution >= 0.6 is 0 Å². The zero-order valence-corrected chi connectivity index (χ0v) is 11.8. The summed E-state index contributed by atoms with van der Waals surface area (Å²) in [5, 5.41) is 2.81. The van der Waals surface area contributed by atoms with Crippen LogP contribution in [0.3, 0.4) is 0 Å². The molecule has 0 radical (unpaired) electrons. The van der Waals surface area contributed by atoms with Crippen molar-refractivity contribution in [1.29, 1.82) is 0 Å². The van der Waals surface area contributed by atoms with E-state index in [4.69, 9.17) is 0 Å². The predicted octanol–water partition coefficient (Wildman–Crippen LogP) is 3.49. The van der Waals surface area contributed by atoms with Crippen LogP contribution in [0.5, 0.6) is 0 Å². The monoisotopic (exact) mass is 290 g/mol. The van der Waals surface area contributed by atoms with E-state index in [1.165, 1.54) is 30.3 Å². The molecule has 110 valence electrons. The van der Waals surface area contributed by atoms with E-state index < -0.39 is 11.9 Å². The van der Waals surface area contributed by atoms with E-state index in [0.29, 0.717) is 0 Å². The van der Waals surface area contributed by atoms with Gasteiger partial charge in [0.05, 0.1) is 6.04 Å². The molecule has 0 aliphatic carbocycles. The number of nitrogens with one attached hydrogen (secondary N) is 1. The maximum atomic E-state index is 13.1. The molecule has 1 heterocycles. The zero-order chi connectivity index (χ0) is 15.4. The Morgan fingerprint density at radius 1 is 1.10 bits per heavy atom. The lowest BCUT2D eigenvalue weighted by atomic mass is 9.96. The highest BCUT2D eigenvalue weighted by Gasteiger charge is 2.20. The van der Waals surface area contributed by atoms with Gasteiger partial charge in [-0.2, -0.15) is 4.39 Å². The number of carbonyl (C=O) groups excluding carboxylic acids is 1. The molecule has 1 atom stereocenters. The predicted molar refractivity (Wildman–Crippen MR) is 75.6 cm³/mol. The van der Waals surface area contributed by atoms with Crippen molar-refractivity contribution in [3.63, 3.8) is 0 Å². The van der Waals surface area contributed by atoms with Gasteiger partial charge < -0.3 is 5.32 Å². The SMILES string of the molecule is CC(C)C(NC(=O)c1cccc(F)n1)c1ccc(F)cc1. The molecule has 0 saturated carbocycles.